The molecule has 2 aromatic rings. The Morgan fingerprint density at radius 2 is 1.84 bits per heavy atom. The molecule has 1 aliphatic rings. The summed E-state index contributed by atoms with van der Waals surface area (Å²) in [7, 11) is 0. The highest BCUT2D eigenvalue weighted by atomic mass is 16.6. The van der Waals surface area contributed by atoms with Crippen LogP contribution < -0.4 is 10.2 Å². The first-order chi connectivity index (χ1) is 12.0. The van der Waals surface area contributed by atoms with Gasteiger partial charge in [0.1, 0.15) is 0 Å². The molecule has 2 aromatic carbocycles. The van der Waals surface area contributed by atoms with E-state index in [1.165, 1.54) is 6.07 Å². The molecule has 0 radical (unpaired) electrons. The van der Waals surface area contributed by atoms with Gasteiger partial charge in [-0.3, -0.25) is 14.9 Å². The molecule has 1 fully saturated rings. The van der Waals surface area contributed by atoms with Gasteiger partial charge in [-0.15, -0.1) is 0 Å². The van der Waals surface area contributed by atoms with Crippen molar-refractivity contribution in [2.45, 2.75) is 0 Å². The van der Waals surface area contributed by atoms with Gasteiger partial charge in [-0.25, -0.2) is 0 Å². The molecule has 0 spiro atoms. The monoisotopic (exact) mass is 343 g/mol. The third-order valence-electron chi connectivity index (χ3n) is 3.94. The minimum Gasteiger partial charge on any atom is -0.502 e. The second kappa shape index (κ2) is 7.18. The molecule has 0 aromatic heterocycles. The van der Waals surface area contributed by atoms with Crippen LogP contribution in [-0.4, -0.2) is 42.2 Å². The molecule has 8 nitrogen and oxygen atoms in total. The van der Waals surface area contributed by atoms with E-state index in [0.717, 1.165) is 30.9 Å². The molecule has 0 bridgehead atoms. The lowest BCUT2D eigenvalue weighted by molar-refractivity contribution is -0.385. The molecule has 130 valence electrons. The number of nitrogens with zero attached hydrogens (tertiary/aromatic N) is 2. The third-order valence-corrected chi connectivity index (χ3v) is 3.94. The van der Waals surface area contributed by atoms with Crippen molar-refractivity contribution in [2.24, 2.45) is 0 Å². The number of carbonyl (C=O) groups excluding carboxylic acids is 1. The topological polar surface area (TPSA) is 105 Å². The SMILES string of the molecule is O=C(Nc1ccc(N2CCOCC2)cc1)c1ccc([N+](=O)[O-])c(O)c1. The van der Waals surface area contributed by atoms with Crippen molar-refractivity contribution in [1.82, 2.24) is 0 Å². The number of nitro benzene ring substituents is 1. The maximum Gasteiger partial charge on any atom is 0.310 e. The number of benzene rings is 2. The highest BCUT2D eigenvalue weighted by Crippen LogP contribution is 2.27. The average Bonchev–Trinajstić information content (AvgIpc) is 2.62. The molecule has 8 heteroatoms. The number of ether oxygens (including phenoxy) is 1. The number of anilines is 2. The number of phenolic OH excluding ortho intramolecular Hbond substituents is 1. The van der Waals surface area contributed by atoms with Crippen LogP contribution in [0.15, 0.2) is 42.5 Å². The van der Waals surface area contributed by atoms with Crippen molar-refractivity contribution < 1.29 is 19.6 Å². The summed E-state index contributed by atoms with van der Waals surface area (Å²) in [6.45, 7) is 3.05. The lowest BCUT2D eigenvalue weighted by atomic mass is 10.1. The third kappa shape index (κ3) is 3.86. The van der Waals surface area contributed by atoms with Crippen molar-refractivity contribution in [1.29, 1.82) is 0 Å². The van der Waals surface area contributed by atoms with E-state index in [1.807, 2.05) is 12.1 Å². The predicted molar refractivity (Wildman–Crippen MR) is 92.2 cm³/mol. The van der Waals surface area contributed by atoms with Crippen molar-refractivity contribution in [3.63, 3.8) is 0 Å². The summed E-state index contributed by atoms with van der Waals surface area (Å²) >= 11 is 0. The Morgan fingerprint density at radius 3 is 2.44 bits per heavy atom. The van der Waals surface area contributed by atoms with Gasteiger partial charge in [0.15, 0.2) is 5.75 Å². The number of hydrogen-bond donors (Lipinski definition) is 2. The maximum absolute atomic E-state index is 12.2. The van der Waals surface area contributed by atoms with Gasteiger partial charge in [-0.05, 0) is 36.4 Å². The Bertz CT molecular complexity index is 785. The van der Waals surface area contributed by atoms with Crippen molar-refractivity contribution >= 4 is 23.0 Å². The van der Waals surface area contributed by atoms with E-state index < -0.39 is 22.3 Å². The van der Waals surface area contributed by atoms with Gasteiger partial charge in [-0.2, -0.15) is 0 Å². The Morgan fingerprint density at radius 1 is 1.16 bits per heavy atom. The Kier molecular flexibility index (Phi) is 4.80. The minimum atomic E-state index is -0.707. The van der Waals surface area contributed by atoms with Crippen LogP contribution in [0.3, 0.4) is 0 Å². The Labute approximate surface area is 143 Å². The second-order valence-electron chi connectivity index (χ2n) is 5.56. The van der Waals surface area contributed by atoms with E-state index in [2.05, 4.69) is 10.2 Å². The molecule has 3 rings (SSSR count). The highest BCUT2D eigenvalue weighted by molar-refractivity contribution is 6.04. The van der Waals surface area contributed by atoms with Crippen LogP contribution in [0.1, 0.15) is 10.4 Å². The van der Waals surface area contributed by atoms with E-state index in [9.17, 15) is 20.0 Å². The first kappa shape index (κ1) is 16.7. The predicted octanol–water partition coefficient (Wildman–Crippen LogP) is 2.39. The molecule has 1 amide bonds. The van der Waals surface area contributed by atoms with Gasteiger partial charge < -0.3 is 20.1 Å². The number of morpholine rings is 1. The summed E-state index contributed by atoms with van der Waals surface area (Å²) < 4.78 is 5.32. The lowest BCUT2D eigenvalue weighted by Crippen LogP contribution is -2.36. The van der Waals surface area contributed by atoms with Crippen LogP contribution in [-0.2, 0) is 4.74 Å². The van der Waals surface area contributed by atoms with Crippen molar-refractivity contribution in [3.8, 4) is 5.75 Å². The van der Waals surface area contributed by atoms with Crippen molar-refractivity contribution in [3.05, 3.63) is 58.1 Å². The zero-order valence-electron chi connectivity index (χ0n) is 13.3. The number of phenols is 1. The highest BCUT2D eigenvalue weighted by Gasteiger charge is 2.16. The van der Waals surface area contributed by atoms with E-state index in [-0.39, 0.29) is 5.56 Å². The lowest BCUT2D eigenvalue weighted by Gasteiger charge is -2.28. The van der Waals surface area contributed by atoms with Crippen LogP contribution in [0.2, 0.25) is 0 Å². The maximum atomic E-state index is 12.2. The molecule has 25 heavy (non-hydrogen) atoms. The average molecular weight is 343 g/mol. The number of hydrogen-bond acceptors (Lipinski definition) is 6. The van der Waals surface area contributed by atoms with Crippen molar-refractivity contribution in [2.75, 3.05) is 36.5 Å². The van der Waals surface area contributed by atoms with Crippen LogP contribution in [0.25, 0.3) is 0 Å². The fourth-order valence-corrected chi connectivity index (χ4v) is 2.60. The van der Waals surface area contributed by atoms with Gasteiger partial charge in [0.25, 0.3) is 5.91 Å². The fraction of sp³-hybridized carbons (Fsp3) is 0.235. The molecule has 0 aliphatic carbocycles. The smallest absolute Gasteiger partial charge is 0.310 e. The van der Waals surface area contributed by atoms with Gasteiger partial charge in [0, 0.05) is 36.1 Å². The minimum absolute atomic E-state index is 0.139. The number of nitrogens with one attached hydrogen (secondary N) is 1. The fourth-order valence-electron chi connectivity index (χ4n) is 2.60. The zero-order chi connectivity index (χ0) is 17.8. The first-order valence-electron chi connectivity index (χ1n) is 7.76. The largest absolute Gasteiger partial charge is 0.502 e. The Hall–Kier alpha value is -3.13. The van der Waals surface area contributed by atoms with E-state index in [4.69, 9.17) is 4.74 Å². The van der Waals surface area contributed by atoms with Gasteiger partial charge in [0.2, 0.25) is 0 Å². The van der Waals surface area contributed by atoms with E-state index in [0.29, 0.717) is 18.9 Å². The summed E-state index contributed by atoms with van der Waals surface area (Å²) in [6, 6.07) is 10.9. The quantitative estimate of drug-likeness (QED) is 0.652. The number of amides is 1. The van der Waals surface area contributed by atoms with Crippen LogP contribution >= 0.6 is 0 Å². The Balaban J connectivity index is 1.68. The summed E-state index contributed by atoms with van der Waals surface area (Å²) in [6.07, 6.45) is 0. The van der Waals surface area contributed by atoms with Crippen LogP contribution in [0, 0.1) is 10.1 Å². The van der Waals surface area contributed by atoms with Gasteiger partial charge >= 0.3 is 5.69 Å². The van der Waals surface area contributed by atoms with Crippen LogP contribution in [0.5, 0.6) is 5.75 Å². The number of carbonyl (C=O) groups is 1. The molecule has 2 N–H and O–H groups in total. The molecular weight excluding hydrogens is 326 g/mol. The molecule has 0 unspecified atom stereocenters. The van der Waals surface area contributed by atoms with Gasteiger partial charge in [0.05, 0.1) is 18.1 Å². The number of nitro groups is 1. The van der Waals surface area contributed by atoms with E-state index >= 15 is 0 Å². The zero-order valence-corrected chi connectivity index (χ0v) is 13.3. The molecule has 0 atom stereocenters. The second-order valence-corrected chi connectivity index (χ2v) is 5.56. The number of rotatable bonds is 4. The summed E-state index contributed by atoms with van der Waals surface area (Å²) in [5, 5.41) is 23.0. The van der Waals surface area contributed by atoms with E-state index in [1.54, 1.807) is 12.1 Å². The summed E-state index contributed by atoms with van der Waals surface area (Å²) in [5.74, 6) is -0.996. The molecular formula is C17H17N3O5. The number of aromatic hydroxyl groups is 1. The van der Waals surface area contributed by atoms with Crippen LogP contribution in [0.4, 0.5) is 17.1 Å². The first-order valence-corrected chi connectivity index (χ1v) is 7.76. The molecule has 1 saturated heterocycles. The standard InChI is InChI=1S/C17H17N3O5/c21-16-11-12(1-6-15(16)20(23)24)17(22)18-13-2-4-14(5-3-13)19-7-9-25-10-8-19/h1-6,11,21H,7-10H2,(H,18,22). The normalized spacial score (nSPS) is 14.2. The molecule has 0 saturated carbocycles. The summed E-state index contributed by atoms with van der Waals surface area (Å²) in [4.78, 5) is 24.4. The molecule has 1 heterocycles. The van der Waals surface area contributed by atoms with Gasteiger partial charge in [-0.1, -0.05) is 0 Å². The summed E-state index contributed by atoms with van der Waals surface area (Å²) in [5.41, 5.74) is 1.35. The molecule has 1 aliphatic heterocycles.